The van der Waals surface area contributed by atoms with Gasteiger partial charge in [0.2, 0.25) is 0 Å². The molecule has 0 aliphatic carbocycles. The van der Waals surface area contributed by atoms with Crippen molar-refractivity contribution in [1.82, 2.24) is 19.5 Å². The van der Waals surface area contributed by atoms with Crippen molar-refractivity contribution in [2.24, 2.45) is 0 Å². The zero-order valence-electron chi connectivity index (χ0n) is 7.84. The van der Waals surface area contributed by atoms with Crippen LogP contribution in [-0.2, 0) is 10.0 Å². The molecule has 0 spiro atoms. The number of H-pyrrole nitrogens is 1. The molecule has 0 saturated carbocycles. The standard InChI is InChI=1S/C7H12N4O2S/c1-3-5-11(4-2)14(12,13)7-8-6-9-10-7/h3,6H,1,4-5H2,2H3,(H,8,9,10). The first-order chi connectivity index (χ1) is 6.62. The number of hydrogen-bond donors (Lipinski definition) is 1. The van der Waals surface area contributed by atoms with E-state index < -0.39 is 10.0 Å². The van der Waals surface area contributed by atoms with Crippen LogP contribution < -0.4 is 0 Å². The third-order valence-corrected chi connectivity index (χ3v) is 3.44. The molecule has 1 rings (SSSR count). The SMILES string of the molecule is C=CCN(CC)S(=O)(=O)c1ncn[nH]1. The lowest BCUT2D eigenvalue weighted by Crippen LogP contribution is -2.31. The average molecular weight is 216 g/mol. The number of aromatic amines is 1. The molecular formula is C7H12N4O2S. The summed E-state index contributed by atoms with van der Waals surface area (Å²) >= 11 is 0. The highest BCUT2D eigenvalue weighted by Gasteiger charge is 2.24. The van der Waals surface area contributed by atoms with Crippen molar-refractivity contribution in [3.63, 3.8) is 0 Å². The van der Waals surface area contributed by atoms with Gasteiger partial charge in [-0.2, -0.15) is 9.40 Å². The van der Waals surface area contributed by atoms with Crippen LogP contribution >= 0.6 is 0 Å². The number of sulfonamides is 1. The van der Waals surface area contributed by atoms with Crippen molar-refractivity contribution in [3.05, 3.63) is 19.0 Å². The molecule has 0 radical (unpaired) electrons. The fraction of sp³-hybridized carbons (Fsp3) is 0.429. The van der Waals surface area contributed by atoms with Gasteiger partial charge in [0, 0.05) is 13.1 Å². The minimum Gasteiger partial charge on any atom is -0.249 e. The van der Waals surface area contributed by atoms with Crippen LogP contribution in [-0.4, -0.2) is 41.0 Å². The predicted octanol–water partition coefficient (Wildman–Crippen LogP) is 0.00130. The lowest BCUT2D eigenvalue weighted by atomic mass is 10.6. The van der Waals surface area contributed by atoms with Gasteiger partial charge in [0.1, 0.15) is 6.33 Å². The number of rotatable bonds is 5. The lowest BCUT2D eigenvalue weighted by molar-refractivity contribution is 0.454. The Bertz CT molecular complexity index is 384. The first-order valence-corrected chi connectivity index (χ1v) is 5.53. The Labute approximate surface area is 82.7 Å². The van der Waals surface area contributed by atoms with Crippen LogP contribution in [0, 0.1) is 0 Å². The van der Waals surface area contributed by atoms with Crippen LogP contribution in [0.4, 0.5) is 0 Å². The Hall–Kier alpha value is -1.21. The van der Waals surface area contributed by atoms with E-state index in [9.17, 15) is 8.42 Å². The molecule has 0 aromatic carbocycles. The van der Waals surface area contributed by atoms with Crippen molar-refractivity contribution < 1.29 is 8.42 Å². The molecule has 0 aliphatic rings. The summed E-state index contributed by atoms with van der Waals surface area (Å²) in [4.78, 5) is 3.61. The molecule has 14 heavy (non-hydrogen) atoms. The van der Waals surface area contributed by atoms with E-state index in [1.165, 1.54) is 10.4 Å². The summed E-state index contributed by atoms with van der Waals surface area (Å²) in [7, 11) is -3.54. The predicted molar refractivity (Wildman–Crippen MR) is 51.0 cm³/mol. The monoisotopic (exact) mass is 216 g/mol. The Morgan fingerprint density at radius 3 is 2.86 bits per heavy atom. The normalized spacial score (nSPS) is 11.9. The molecule has 6 nitrogen and oxygen atoms in total. The van der Waals surface area contributed by atoms with E-state index in [1.54, 1.807) is 6.92 Å². The Kier molecular flexibility index (Phi) is 3.37. The third kappa shape index (κ3) is 1.99. The molecule has 1 heterocycles. The molecule has 0 saturated heterocycles. The van der Waals surface area contributed by atoms with Crippen LogP contribution in [0.3, 0.4) is 0 Å². The van der Waals surface area contributed by atoms with Crippen LogP contribution in [0.2, 0.25) is 0 Å². The molecule has 0 fully saturated rings. The molecule has 0 amide bonds. The molecule has 1 aromatic heterocycles. The Morgan fingerprint density at radius 1 is 1.71 bits per heavy atom. The quantitative estimate of drug-likeness (QED) is 0.703. The van der Waals surface area contributed by atoms with Crippen LogP contribution in [0.25, 0.3) is 0 Å². The number of nitrogens with one attached hydrogen (secondary N) is 1. The summed E-state index contributed by atoms with van der Waals surface area (Å²) in [6.45, 7) is 5.87. The Balaban J connectivity index is 2.99. The molecule has 7 heteroatoms. The van der Waals surface area contributed by atoms with E-state index in [-0.39, 0.29) is 11.7 Å². The largest absolute Gasteiger partial charge is 0.278 e. The van der Waals surface area contributed by atoms with Gasteiger partial charge >= 0.3 is 0 Å². The van der Waals surface area contributed by atoms with Crippen molar-refractivity contribution in [2.75, 3.05) is 13.1 Å². The number of aromatic nitrogens is 3. The second-order valence-corrected chi connectivity index (χ2v) is 4.39. The van der Waals surface area contributed by atoms with E-state index in [4.69, 9.17) is 0 Å². The highest BCUT2D eigenvalue weighted by atomic mass is 32.2. The third-order valence-electron chi connectivity index (χ3n) is 1.66. The molecular weight excluding hydrogens is 204 g/mol. The first kappa shape index (κ1) is 10.9. The molecule has 0 unspecified atom stereocenters. The fourth-order valence-corrected chi connectivity index (χ4v) is 2.22. The maximum atomic E-state index is 11.8. The smallest absolute Gasteiger partial charge is 0.249 e. The number of nitrogens with zero attached hydrogens (tertiary/aromatic N) is 3. The van der Waals surface area contributed by atoms with E-state index in [0.29, 0.717) is 6.54 Å². The minimum absolute atomic E-state index is 0.138. The topological polar surface area (TPSA) is 79.0 Å². The lowest BCUT2D eigenvalue weighted by Gasteiger charge is -2.15. The van der Waals surface area contributed by atoms with E-state index in [2.05, 4.69) is 21.8 Å². The summed E-state index contributed by atoms with van der Waals surface area (Å²) in [6.07, 6.45) is 2.69. The summed E-state index contributed by atoms with van der Waals surface area (Å²) in [5.74, 6) is 0. The zero-order chi connectivity index (χ0) is 10.6. The van der Waals surface area contributed by atoms with E-state index in [0.717, 1.165) is 6.33 Å². The second-order valence-electron chi connectivity index (χ2n) is 2.53. The van der Waals surface area contributed by atoms with Gasteiger partial charge in [0.15, 0.2) is 0 Å². The highest BCUT2D eigenvalue weighted by molar-refractivity contribution is 7.88. The number of hydrogen-bond acceptors (Lipinski definition) is 4. The van der Waals surface area contributed by atoms with Gasteiger partial charge in [-0.05, 0) is 0 Å². The van der Waals surface area contributed by atoms with Gasteiger partial charge in [-0.1, -0.05) is 13.0 Å². The number of likely N-dealkylation sites (N-methyl/N-ethyl adjacent to an activating group) is 1. The zero-order valence-corrected chi connectivity index (χ0v) is 8.66. The van der Waals surface area contributed by atoms with Gasteiger partial charge in [-0.3, -0.25) is 0 Å². The van der Waals surface area contributed by atoms with E-state index in [1.807, 2.05) is 0 Å². The molecule has 0 bridgehead atoms. The maximum Gasteiger partial charge on any atom is 0.278 e. The van der Waals surface area contributed by atoms with Gasteiger partial charge in [-0.15, -0.1) is 6.58 Å². The van der Waals surface area contributed by atoms with Crippen molar-refractivity contribution >= 4 is 10.0 Å². The fourth-order valence-electron chi connectivity index (χ4n) is 0.982. The van der Waals surface area contributed by atoms with Crippen molar-refractivity contribution in [1.29, 1.82) is 0 Å². The molecule has 1 N–H and O–H groups in total. The molecule has 78 valence electrons. The van der Waals surface area contributed by atoms with Crippen LogP contribution in [0.15, 0.2) is 24.1 Å². The first-order valence-electron chi connectivity index (χ1n) is 4.09. The summed E-state index contributed by atoms with van der Waals surface area (Å²) < 4.78 is 24.8. The molecule has 0 atom stereocenters. The maximum absolute atomic E-state index is 11.8. The second kappa shape index (κ2) is 4.34. The van der Waals surface area contributed by atoms with Gasteiger partial charge in [-0.25, -0.2) is 18.5 Å². The van der Waals surface area contributed by atoms with Crippen LogP contribution in [0.1, 0.15) is 6.92 Å². The van der Waals surface area contributed by atoms with Gasteiger partial charge in [0.25, 0.3) is 15.2 Å². The van der Waals surface area contributed by atoms with Crippen LogP contribution in [0.5, 0.6) is 0 Å². The van der Waals surface area contributed by atoms with Gasteiger partial charge in [0.05, 0.1) is 0 Å². The summed E-state index contributed by atoms with van der Waals surface area (Å²) in [5, 5.41) is 5.69. The summed E-state index contributed by atoms with van der Waals surface area (Å²) in [5.41, 5.74) is 0. The average Bonchev–Trinajstić information content (AvgIpc) is 2.66. The molecule has 1 aromatic rings. The minimum atomic E-state index is -3.54. The molecule has 0 aliphatic heterocycles. The van der Waals surface area contributed by atoms with Crippen molar-refractivity contribution in [3.8, 4) is 0 Å². The van der Waals surface area contributed by atoms with Gasteiger partial charge < -0.3 is 0 Å². The summed E-state index contributed by atoms with van der Waals surface area (Å²) in [6, 6.07) is 0. The van der Waals surface area contributed by atoms with E-state index >= 15 is 0 Å². The highest BCUT2D eigenvalue weighted by Crippen LogP contribution is 2.08. The van der Waals surface area contributed by atoms with Crippen molar-refractivity contribution in [2.45, 2.75) is 12.1 Å². The Morgan fingerprint density at radius 2 is 2.43 bits per heavy atom.